The fourth-order valence-corrected chi connectivity index (χ4v) is 2.83. The van der Waals surface area contributed by atoms with Gasteiger partial charge in [-0.05, 0) is 37.0 Å². The molecule has 0 heterocycles. The van der Waals surface area contributed by atoms with Gasteiger partial charge < -0.3 is 4.79 Å². The summed E-state index contributed by atoms with van der Waals surface area (Å²) in [6.45, 7) is 13.2. The van der Waals surface area contributed by atoms with Crippen LogP contribution in [-0.4, -0.2) is 23.6 Å². The molecular weight excluding hydrogens is 211 g/mol. The standard InChI is InChI=1S/C14H28O.Al.3H/c1-11(2)7-14(10-15,8-12(3)4)9-13(5)6;;;;/h10-13H,7-9H2,1-6H3;;;;. The molecule has 16 heavy (non-hydrogen) atoms. The van der Waals surface area contributed by atoms with E-state index in [4.69, 9.17) is 0 Å². The van der Waals surface area contributed by atoms with Crippen molar-refractivity contribution in [3.63, 3.8) is 0 Å². The second-order valence-electron chi connectivity index (χ2n) is 6.27. The topological polar surface area (TPSA) is 17.1 Å². The van der Waals surface area contributed by atoms with E-state index in [1.165, 1.54) is 6.29 Å². The number of aldehydes is 1. The third-order valence-corrected chi connectivity index (χ3v) is 2.69. The third kappa shape index (κ3) is 7.47. The van der Waals surface area contributed by atoms with Crippen molar-refractivity contribution in [1.82, 2.24) is 0 Å². The van der Waals surface area contributed by atoms with Gasteiger partial charge in [-0.3, -0.25) is 0 Å². The van der Waals surface area contributed by atoms with Crippen LogP contribution in [0.5, 0.6) is 0 Å². The zero-order valence-corrected chi connectivity index (χ0v) is 11.3. The van der Waals surface area contributed by atoms with E-state index in [0.717, 1.165) is 19.3 Å². The van der Waals surface area contributed by atoms with E-state index < -0.39 is 0 Å². The first-order valence-corrected chi connectivity index (χ1v) is 6.27. The first-order chi connectivity index (χ1) is 6.81. The Balaban J connectivity index is 0. The number of hydrogen-bond acceptors (Lipinski definition) is 1. The molecule has 0 bridgehead atoms. The van der Waals surface area contributed by atoms with Gasteiger partial charge >= 0.3 is 0 Å². The molecule has 96 valence electrons. The van der Waals surface area contributed by atoms with Gasteiger partial charge in [0, 0.05) is 5.41 Å². The molecule has 0 aromatic rings. The van der Waals surface area contributed by atoms with E-state index in [2.05, 4.69) is 41.5 Å². The lowest BCUT2D eigenvalue weighted by Crippen LogP contribution is -2.28. The summed E-state index contributed by atoms with van der Waals surface area (Å²) >= 11 is 0. The summed E-state index contributed by atoms with van der Waals surface area (Å²) in [5.41, 5.74) is -0.0729. The van der Waals surface area contributed by atoms with Gasteiger partial charge in [-0.25, -0.2) is 0 Å². The van der Waals surface area contributed by atoms with Crippen molar-refractivity contribution in [3.05, 3.63) is 0 Å². The van der Waals surface area contributed by atoms with Crippen LogP contribution >= 0.6 is 0 Å². The van der Waals surface area contributed by atoms with Crippen LogP contribution in [0.25, 0.3) is 0 Å². The minimum absolute atomic E-state index is 0. The van der Waals surface area contributed by atoms with Crippen molar-refractivity contribution in [1.29, 1.82) is 0 Å². The minimum Gasteiger partial charge on any atom is -0.303 e. The fraction of sp³-hybridized carbons (Fsp3) is 0.929. The Bertz CT molecular complexity index is 159. The highest BCUT2D eigenvalue weighted by atomic mass is 27.0. The van der Waals surface area contributed by atoms with Crippen molar-refractivity contribution in [2.75, 3.05) is 0 Å². The molecule has 2 heteroatoms. The molecule has 0 amide bonds. The maximum Gasteiger partial charge on any atom is 0.187 e. The lowest BCUT2D eigenvalue weighted by Gasteiger charge is -2.33. The van der Waals surface area contributed by atoms with Gasteiger partial charge in [-0.2, -0.15) is 0 Å². The predicted molar refractivity (Wildman–Crippen MR) is 76.8 cm³/mol. The molecular formula is C14H31AlO. The Morgan fingerprint density at radius 1 is 0.812 bits per heavy atom. The molecule has 0 aliphatic heterocycles. The number of carbonyl (C=O) groups is 1. The molecule has 0 saturated heterocycles. The quantitative estimate of drug-likeness (QED) is 0.495. The van der Waals surface area contributed by atoms with Crippen LogP contribution in [0.2, 0.25) is 0 Å². The van der Waals surface area contributed by atoms with E-state index in [-0.39, 0.29) is 22.8 Å². The Hall–Kier alpha value is 0.202. The van der Waals surface area contributed by atoms with Crippen LogP contribution in [0, 0.1) is 23.2 Å². The zero-order valence-electron chi connectivity index (χ0n) is 11.3. The van der Waals surface area contributed by atoms with Crippen LogP contribution in [0.4, 0.5) is 0 Å². The summed E-state index contributed by atoms with van der Waals surface area (Å²) in [5, 5.41) is 0. The van der Waals surface area contributed by atoms with Crippen LogP contribution in [-0.2, 0) is 4.79 Å². The third-order valence-electron chi connectivity index (χ3n) is 2.69. The molecule has 0 aliphatic carbocycles. The highest BCUT2D eigenvalue weighted by Crippen LogP contribution is 2.37. The highest BCUT2D eigenvalue weighted by Gasteiger charge is 2.32. The molecule has 0 fully saturated rings. The Kier molecular flexibility index (Phi) is 9.65. The van der Waals surface area contributed by atoms with E-state index >= 15 is 0 Å². The van der Waals surface area contributed by atoms with Gasteiger partial charge in [0.1, 0.15) is 6.29 Å². The zero-order chi connectivity index (χ0) is 12.1. The number of carbonyl (C=O) groups excluding carboxylic acids is 1. The highest BCUT2D eigenvalue weighted by molar-refractivity contribution is 5.75. The fourth-order valence-electron chi connectivity index (χ4n) is 2.83. The Morgan fingerprint density at radius 2 is 1.06 bits per heavy atom. The van der Waals surface area contributed by atoms with Crippen molar-refractivity contribution in [3.8, 4) is 0 Å². The first-order valence-electron chi connectivity index (χ1n) is 6.27. The monoisotopic (exact) mass is 242 g/mol. The molecule has 0 aromatic heterocycles. The molecule has 0 aliphatic rings. The largest absolute Gasteiger partial charge is 0.303 e. The summed E-state index contributed by atoms with van der Waals surface area (Å²) < 4.78 is 0. The molecule has 0 radical (unpaired) electrons. The van der Waals surface area contributed by atoms with Gasteiger partial charge in [0.05, 0.1) is 0 Å². The predicted octanol–water partition coefficient (Wildman–Crippen LogP) is 3.13. The number of hydrogen-bond donors (Lipinski definition) is 0. The molecule has 0 spiro atoms. The molecule has 0 aromatic carbocycles. The lowest BCUT2D eigenvalue weighted by atomic mass is 9.70. The van der Waals surface area contributed by atoms with E-state index in [1.807, 2.05) is 0 Å². The van der Waals surface area contributed by atoms with Gasteiger partial charge in [-0.1, -0.05) is 41.5 Å². The second kappa shape index (κ2) is 8.32. The van der Waals surface area contributed by atoms with Crippen molar-refractivity contribution in [2.45, 2.75) is 60.8 Å². The Morgan fingerprint density at radius 3 is 1.19 bits per heavy atom. The molecule has 0 rings (SSSR count). The van der Waals surface area contributed by atoms with Crippen LogP contribution in [0.3, 0.4) is 0 Å². The van der Waals surface area contributed by atoms with Crippen molar-refractivity contribution < 1.29 is 4.79 Å². The second-order valence-corrected chi connectivity index (χ2v) is 6.27. The minimum atomic E-state index is -0.0729. The maximum absolute atomic E-state index is 11.4. The Labute approximate surface area is 113 Å². The maximum atomic E-state index is 11.4. The average molecular weight is 242 g/mol. The smallest absolute Gasteiger partial charge is 0.187 e. The first kappa shape index (κ1) is 18.6. The van der Waals surface area contributed by atoms with Crippen LogP contribution < -0.4 is 0 Å². The lowest BCUT2D eigenvalue weighted by molar-refractivity contribution is -0.119. The molecule has 0 saturated carbocycles. The van der Waals surface area contributed by atoms with Gasteiger partial charge in [0.25, 0.3) is 0 Å². The van der Waals surface area contributed by atoms with Gasteiger partial charge in [-0.15, -0.1) is 0 Å². The molecule has 0 N–H and O–H groups in total. The van der Waals surface area contributed by atoms with E-state index in [1.54, 1.807) is 0 Å². The van der Waals surface area contributed by atoms with Gasteiger partial charge in [0.2, 0.25) is 0 Å². The van der Waals surface area contributed by atoms with Crippen molar-refractivity contribution >= 4 is 23.6 Å². The summed E-state index contributed by atoms with van der Waals surface area (Å²) in [6, 6.07) is 0. The van der Waals surface area contributed by atoms with Gasteiger partial charge in [0.15, 0.2) is 17.4 Å². The summed E-state index contributed by atoms with van der Waals surface area (Å²) in [4.78, 5) is 11.4. The summed E-state index contributed by atoms with van der Waals surface area (Å²) in [5.74, 6) is 1.81. The number of rotatable bonds is 7. The molecule has 0 atom stereocenters. The van der Waals surface area contributed by atoms with E-state index in [0.29, 0.717) is 17.8 Å². The van der Waals surface area contributed by atoms with E-state index in [9.17, 15) is 4.79 Å². The van der Waals surface area contributed by atoms with Crippen LogP contribution in [0.15, 0.2) is 0 Å². The molecule has 0 unspecified atom stereocenters. The van der Waals surface area contributed by atoms with Crippen LogP contribution in [0.1, 0.15) is 60.8 Å². The molecule has 1 nitrogen and oxygen atoms in total. The summed E-state index contributed by atoms with van der Waals surface area (Å²) in [6.07, 6.45) is 4.33. The van der Waals surface area contributed by atoms with Crippen molar-refractivity contribution in [2.24, 2.45) is 23.2 Å². The average Bonchev–Trinajstić information content (AvgIpc) is 1.99. The normalized spacial score (nSPS) is 12.1. The SMILES string of the molecule is CC(C)CC(C=O)(CC(C)C)CC(C)C.[AlH3]. The summed E-state index contributed by atoms with van der Waals surface area (Å²) in [7, 11) is 0.